The molecule has 1 saturated carbocycles. The molecule has 0 aliphatic heterocycles. The molecule has 0 saturated heterocycles. The van der Waals surface area contributed by atoms with Crippen LogP contribution in [0.15, 0.2) is 0 Å². The van der Waals surface area contributed by atoms with Crippen molar-refractivity contribution in [3.63, 3.8) is 0 Å². The molecule has 1 amide bonds. The Morgan fingerprint density at radius 2 is 2.06 bits per heavy atom. The third-order valence-electron chi connectivity index (χ3n) is 3.62. The number of carbonyl (C=O) groups excluding carboxylic acids is 1. The summed E-state index contributed by atoms with van der Waals surface area (Å²) >= 11 is 0. The van der Waals surface area contributed by atoms with Crippen LogP contribution in [0.25, 0.3) is 0 Å². The average Bonchev–Trinajstić information content (AvgIpc) is 2.32. The summed E-state index contributed by atoms with van der Waals surface area (Å²) < 4.78 is 10.2. The highest BCUT2D eigenvalue weighted by molar-refractivity contribution is 5.83. The first-order valence-corrected chi connectivity index (χ1v) is 6.80. The SMILES string of the molecule is COCCOCCCCNC(=O)C1(CN)CCC1. The monoisotopic (exact) mass is 258 g/mol. The first kappa shape index (κ1) is 15.4. The van der Waals surface area contributed by atoms with E-state index in [0.29, 0.717) is 26.3 Å². The Morgan fingerprint density at radius 1 is 1.28 bits per heavy atom. The van der Waals surface area contributed by atoms with Gasteiger partial charge >= 0.3 is 0 Å². The third-order valence-corrected chi connectivity index (χ3v) is 3.62. The summed E-state index contributed by atoms with van der Waals surface area (Å²) in [6, 6.07) is 0. The minimum atomic E-state index is -0.255. The van der Waals surface area contributed by atoms with Crippen LogP contribution in [0, 0.1) is 5.41 Å². The van der Waals surface area contributed by atoms with Crippen LogP contribution < -0.4 is 11.1 Å². The molecule has 0 aromatic rings. The lowest BCUT2D eigenvalue weighted by Crippen LogP contribution is -2.50. The maximum absolute atomic E-state index is 11.9. The van der Waals surface area contributed by atoms with Gasteiger partial charge in [0.1, 0.15) is 0 Å². The van der Waals surface area contributed by atoms with Crippen LogP contribution >= 0.6 is 0 Å². The Morgan fingerprint density at radius 3 is 2.61 bits per heavy atom. The number of methoxy groups -OCH3 is 1. The Balaban J connectivity index is 1.96. The van der Waals surface area contributed by atoms with Gasteiger partial charge in [0, 0.05) is 26.8 Å². The van der Waals surface area contributed by atoms with Gasteiger partial charge in [-0.1, -0.05) is 6.42 Å². The van der Waals surface area contributed by atoms with Gasteiger partial charge in [-0.15, -0.1) is 0 Å². The molecule has 0 spiro atoms. The van der Waals surface area contributed by atoms with Gasteiger partial charge in [-0.2, -0.15) is 0 Å². The molecule has 3 N–H and O–H groups in total. The standard InChI is InChI=1S/C13H26N2O3/c1-17-9-10-18-8-3-2-7-15-12(16)13(11-14)5-4-6-13/h2-11,14H2,1H3,(H,15,16). The fraction of sp³-hybridized carbons (Fsp3) is 0.923. The van der Waals surface area contributed by atoms with Crippen molar-refractivity contribution in [1.29, 1.82) is 0 Å². The number of hydrogen-bond acceptors (Lipinski definition) is 4. The van der Waals surface area contributed by atoms with E-state index in [1.54, 1.807) is 7.11 Å². The zero-order valence-electron chi connectivity index (χ0n) is 11.4. The van der Waals surface area contributed by atoms with E-state index in [0.717, 1.165) is 38.7 Å². The molecule has 0 heterocycles. The van der Waals surface area contributed by atoms with Gasteiger partial charge in [0.15, 0.2) is 0 Å². The quantitative estimate of drug-likeness (QED) is 0.565. The maximum Gasteiger partial charge on any atom is 0.227 e. The van der Waals surface area contributed by atoms with Crippen LogP contribution in [0.2, 0.25) is 0 Å². The smallest absolute Gasteiger partial charge is 0.227 e. The Labute approximate surface area is 109 Å². The lowest BCUT2D eigenvalue weighted by atomic mass is 9.68. The number of ether oxygens (including phenoxy) is 2. The number of nitrogens with one attached hydrogen (secondary N) is 1. The molecule has 0 atom stereocenters. The van der Waals surface area contributed by atoms with Crippen molar-refractivity contribution in [3.05, 3.63) is 0 Å². The fourth-order valence-electron chi connectivity index (χ4n) is 2.09. The first-order chi connectivity index (χ1) is 8.75. The van der Waals surface area contributed by atoms with Crippen LogP contribution in [-0.4, -0.2) is 45.9 Å². The van der Waals surface area contributed by atoms with Crippen molar-refractivity contribution in [1.82, 2.24) is 5.32 Å². The van der Waals surface area contributed by atoms with Crippen LogP contribution in [0.3, 0.4) is 0 Å². The van der Waals surface area contributed by atoms with Gasteiger partial charge in [0.25, 0.3) is 0 Å². The largest absolute Gasteiger partial charge is 0.382 e. The van der Waals surface area contributed by atoms with E-state index < -0.39 is 0 Å². The highest BCUT2D eigenvalue weighted by atomic mass is 16.5. The summed E-state index contributed by atoms with van der Waals surface area (Å²) in [6.45, 7) is 3.18. The molecule has 0 bridgehead atoms. The summed E-state index contributed by atoms with van der Waals surface area (Å²) in [6.07, 6.45) is 4.90. The lowest BCUT2D eigenvalue weighted by Gasteiger charge is -2.39. The second-order valence-electron chi connectivity index (χ2n) is 4.91. The van der Waals surface area contributed by atoms with Crippen LogP contribution in [0.5, 0.6) is 0 Å². The number of carbonyl (C=O) groups is 1. The second-order valence-corrected chi connectivity index (χ2v) is 4.91. The number of rotatable bonds is 10. The highest BCUT2D eigenvalue weighted by Gasteiger charge is 2.42. The topological polar surface area (TPSA) is 73.6 Å². The average molecular weight is 258 g/mol. The third kappa shape index (κ3) is 4.55. The van der Waals surface area contributed by atoms with Crippen molar-refractivity contribution in [2.24, 2.45) is 11.1 Å². The van der Waals surface area contributed by atoms with Crippen molar-refractivity contribution in [3.8, 4) is 0 Å². The molecule has 1 rings (SSSR count). The number of hydrogen-bond donors (Lipinski definition) is 2. The van der Waals surface area contributed by atoms with Crippen LogP contribution in [-0.2, 0) is 14.3 Å². The normalized spacial score (nSPS) is 17.2. The molecule has 5 nitrogen and oxygen atoms in total. The van der Waals surface area contributed by atoms with E-state index in [2.05, 4.69) is 5.32 Å². The minimum Gasteiger partial charge on any atom is -0.382 e. The van der Waals surface area contributed by atoms with E-state index in [-0.39, 0.29) is 11.3 Å². The van der Waals surface area contributed by atoms with Crippen LogP contribution in [0.1, 0.15) is 32.1 Å². The first-order valence-electron chi connectivity index (χ1n) is 6.80. The molecule has 5 heteroatoms. The molecule has 1 aliphatic rings. The molecular weight excluding hydrogens is 232 g/mol. The summed E-state index contributed by atoms with van der Waals surface area (Å²) in [4.78, 5) is 11.9. The fourth-order valence-corrected chi connectivity index (χ4v) is 2.09. The Bertz CT molecular complexity index is 237. The van der Waals surface area contributed by atoms with E-state index >= 15 is 0 Å². The number of unbranched alkanes of at least 4 members (excludes halogenated alkanes) is 1. The predicted octanol–water partition coefficient (Wildman–Crippen LogP) is 0.675. The van der Waals surface area contributed by atoms with Crippen molar-refractivity contribution in [2.75, 3.05) is 40.0 Å². The Kier molecular flexibility index (Phi) is 7.23. The summed E-state index contributed by atoms with van der Waals surface area (Å²) in [5, 5.41) is 2.98. The summed E-state index contributed by atoms with van der Waals surface area (Å²) in [7, 11) is 1.66. The highest BCUT2D eigenvalue weighted by Crippen LogP contribution is 2.39. The predicted molar refractivity (Wildman–Crippen MR) is 70.3 cm³/mol. The van der Waals surface area contributed by atoms with Gasteiger partial charge in [-0.3, -0.25) is 4.79 Å². The molecular formula is C13H26N2O3. The van der Waals surface area contributed by atoms with E-state index in [1.165, 1.54) is 0 Å². The van der Waals surface area contributed by atoms with Crippen LogP contribution in [0.4, 0.5) is 0 Å². The number of nitrogens with two attached hydrogens (primary N) is 1. The molecule has 0 aromatic heterocycles. The summed E-state index contributed by atoms with van der Waals surface area (Å²) in [5.74, 6) is 0.136. The van der Waals surface area contributed by atoms with Crippen molar-refractivity contribution >= 4 is 5.91 Å². The van der Waals surface area contributed by atoms with Crippen molar-refractivity contribution < 1.29 is 14.3 Å². The molecule has 1 aliphatic carbocycles. The Hall–Kier alpha value is -0.650. The number of amides is 1. The second kappa shape index (κ2) is 8.45. The molecule has 0 radical (unpaired) electrons. The van der Waals surface area contributed by atoms with Gasteiger partial charge in [-0.05, 0) is 25.7 Å². The van der Waals surface area contributed by atoms with Crippen molar-refractivity contribution in [2.45, 2.75) is 32.1 Å². The lowest BCUT2D eigenvalue weighted by molar-refractivity contribution is -0.135. The summed E-state index contributed by atoms with van der Waals surface area (Å²) in [5.41, 5.74) is 5.42. The van der Waals surface area contributed by atoms with E-state index in [1.807, 2.05) is 0 Å². The van der Waals surface area contributed by atoms with Gasteiger partial charge in [0.2, 0.25) is 5.91 Å². The zero-order chi connectivity index (χ0) is 13.3. The minimum absolute atomic E-state index is 0.136. The molecule has 1 fully saturated rings. The molecule has 106 valence electrons. The van der Waals surface area contributed by atoms with Gasteiger partial charge < -0.3 is 20.5 Å². The van der Waals surface area contributed by atoms with Gasteiger partial charge in [-0.25, -0.2) is 0 Å². The molecule has 0 aromatic carbocycles. The van der Waals surface area contributed by atoms with E-state index in [4.69, 9.17) is 15.2 Å². The maximum atomic E-state index is 11.9. The molecule has 0 unspecified atom stereocenters. The van der Waals surface area contributed by atoms with Gasteiger partial charge in [0.05, 0.1) is 18.6 Å². The molecule has 18 heavy (non-hydrogen) atoms. The zero-order valence-corrected chi connectivity index (χ0v) is 11.4. The van der Waals surface area contributed by atoms with E-state index in [9.17, 15) is 4.79 Å².